The molecule has 0 N–H and O–H groups in total. The second-order valence-electron chi connectivity index (χ2n) is 4.89. The van der Waals surface area contributed by atoms with Gasteiger partial charge in [-0.15, -0.1) is 0 Å². The van der Waals surface area contributed by atoms with Gasteiger partial charge in [0.25, 0.3) is 5.91 Å². The summed E-state index contributed by atoms with van der Waals surface area (Å²) in [6.07, 6.45) is 3.15. The number of carbonyl (C=O) groups excluding carboxylic acids is 1. The molecule has 0 atom stereocenters. The molecule has 1 aliphatic rings. The van der Waals surface area contributed by atoms with Crippen molar-refractivity contribution in [3.8, 4) is 0 Å². The van der Waals surface area contributed by atoms with E-state index >= 15 is 0 Å². The highest BCUT2D eigenvalue weighted by Crippen LogP contribution is 2.31. The summed E-state index contributed by atoms with van der Waals surface area (Å²) >= 11 is 7.05. The van der Waals surface area contributed by atoms with Crippen molar-refractivity contribution in [3.63, 3.8) is 0 Å². The number of aliphatic imine (C=N–C) groups is 1. The van der Waals surface area contributed by atoms with Crippen molar-refractivity contribution in [1.29, 1.82) is 0 Å². The molecular weight excluding hydrogens is 354 g/mol. The van der Waals surface area contributed by atoms with Crippen LogP contribution in [0.3, 0.4) is 0 Å². The number of rotatable bonds is 2. The molecule has 7 heteroatoms. The van der Waals surface area contributed by atoms with Crippen molar-refractivity contribution in [1.82, 2.24) is 0 Å². The number of thioether (sulfide) groups is 1. The van der Waals surface area contributed by atoms with Crippen LogP contribution >= 0.6 is 23.4 Å². The molecular formula is C17H11ClF2N2OS. The zero-order valence-corrected chi connectivity index (χ0v) is 14.0. The highest BCUT2D eigenvalue weighted by molar-refractivity contribution is 8.13. The van der Waals surface area contributed by atoms with E-state index in [4.69, 9.17) is 11.6 Å². The van der Waals surface area contributed by atoms with Crippen molar-refractivity contribution >= 4 is 46.2 Å². The van der Waals surface area contributed by atoms with Crippen LogP contribution in [0.1, 0.15) is 5.56 Å². The molecule has 3 rings (SSSR count). The normalized spacial score (nSPS) is 16.0. The second-order valence-corrected chi connectivity index (χ2v) is 6.07. The van der Waals surface area contributed by atoms with Crippen LogP contribution in [0.4, 0.5) is 14.5 Å². The van der Waals surface area contributed by atoms with E-state index in [0.29, 0.717) is 10.9 Å². The highest BCUT2D eigenvalue weighted by Gasteiger charge is 2.31. The molecule has 24 heavy (non-hydrogen) atoms. The Morgan fingerprint density at radius 3 is 2.58 bits per heavy atom. The van der Waals surface area contributed by atoms with Gasteiger partial charge in [0.05, 0.1) is 10.7 Å². The molecule has 0 bridgehead atoms. The van der Waals surface area contributed by atoms with Gasteiger partial charge >= 0.3 is 0 Å². The van der Waals surface area contributed by atoms with Crippen molar-refractivity contribution in [3.05, 3.63) is 70.4 Å². The number of carbonyl (C=O) groups is 1. The minimum Gasteiger partial charge on any atom is -0.266 e. The van der Waals surface area contributed by atoms with E-state index in [-0.39, 0.29) is 16.3 Å². The highest BCUT2D eigenvalue weighted by atomic mass is 35.5. The molecule has 122 valence electrons. The molecule has 1 amide bonds. The summed E-state index contributed by atoms with van der Waals surface area (Å²) in [5, 5.41) is 0.317. The number of amidine groups is 1. The van der Waals surface area contributed by atoms with Crippen LogP contribution in [-0.2, 0) is 4.79 Å². The van der Waals surface area contributed by atoms with Crippen molar-refractivity contribution in [2.75, 3.05) is 11.2 Å². The van der Waals surface area contributed by atoms with Crippen LogP contribution in [0, 0.1) is 11.6 Å². The molecule has 0 aliphatic carbocycles. The zero-order chi connectivity index (χ0) is 17.3. The third-order valence-corrected chi connectivity index (χ3v) is 4.30. The summed E-state index contributed by atoms with van der Waals surface area (Å²) in [5.74, 6) is -1.44. The average molecular weight is 365 g/mol. The number of anilines is 1. The predicted molar refractivity (Wildman–Crippen MR) is 94.2 cm³/mol. The third kappa shape index (κ3) is 3.07. The first-order valence-electron chi connectivity index (χ1n) is 6.89. The van der Waals surface area contributed by atoms with Crippen LogP contribution < -0.4 is 4.90 Å². The number of benzene rings is 2. The third-order valence-electron chi connectivity index (χ3n) is 3.37. The van der Waals surface area contributed by atoms with Crippen LogP contribution in [0.25, 0.3) is 6.08 Å². The molecule has 1 aliphatic heterocycles. The lowest BCUT2D eigenvalue weighted by atomic mass is 10.1. The topological polar surface area (TPSA) is 32.7 Å². The Morgan fingerprint density at radius 2 is 1.92 bits per heavy atom. The van der Waals surface area contributed by atoms with Gasteiger partial charge in [-0.1, -0.05) is 41.6 Å². The summed E-state index contributed by atoms with van der Waals surface area (Å²) in [4.78, 5) is 18.2. The van der Waals surface area contributed by atoms with Gasteiger partial charge in [-0.2, -0.15) is 0 Å². The first-order valence-corrected chi connectivity index (χ1v) is 8.50. The lowest BCUT2D eigenvalue weighted by Gasteiger charge is -2.17. The Hall–Kier alpha value is -2.18. The molecule has 3 nitrogen and oxygen atoms in total. The molecule has 0 unspecified atom stereocenters. The largest absolute Gasteiger partial charge is 0.283 e. The Morgan fingerprint density at radius 1 is 1.17 bits per heavy atom. The molecule has 2 aromatic carbocycles. The van der Waals surface area contributed by atoms with Crippen LogP contribution in [0.5, 0.6) is 0 Å². The molecule has 0 radical (unpaired) electrons. The smallest absolute Gasteiger partial charge is 0.266 e. The van der Waals surface area contributed by atoms with Crippen molar-refractivity contribution in [2.24, 2.45) is 4.99 Å². The quantitative estimate of drug-likeness (QED) is 0.722. The molecule has 0 fully saturated rings. The maximum absolute atomic E-state index is 13.8. The number of hydrogen-bond donors (Lipinski definition) is 0. The SMILES string of the molecule is CSC1=NC(=Cc2ccccc2F)C(=O)N1c1ccc(F)c(Cl)c1. The van der Waals surface area contributed by atoms with Gasteiger partial charge in [0.2, 0.25) is 0 Å². The Balaban J connectivity index is 2.02. The standard InChI is InChI=1S/C17H11ClF2N2OS/c1-24-17-21-15(8-10-4-2-3-5-13(10)19)16(23)22(17)11-6-7-14(20)12(18)9-11/h2-9H,1H3. The van der Waals surface area contributed by atoms with E-state index in [0.717, 1.165) is 0 Å². The van der Waals surface area contributed by atoms with Gasteiger partial charge in [0, 0.05) is 5.56 Å². The van der Waals surface area contributed by atoms with E-state index in [1.807, 2.05) is 0 Å². The average Bonchev–Trinajstić information content (AvgIpc) is 2.88. The maximum Gasteiger partial charge on any atom is 0.283 e. The van der Waals surface area contributed by atoms with E-state index in [1.54, 1.807) is 24.5 Å². The first-order chi connectivity index (χ1) is 11.5. The lowest BCUT2D eigenvalue weighted by molar-refractivity contribution is -0.113. The van der Waals surface area contributed by atoms with E-state index in [1.165, 1.54) is 47.0 Å². The summed E-state index contributed by atoms with van der Waals surface area (Å²) in [6.45, 7) is 0. The lowest BCUT2D eigenvalue weighted by Crippen LogP contribution is -2.30. The second kappa shape index (κ2) is 6.75. The predicted octanol–water partition coefficient (Wildman–Crippen LogP) is 4.72. The number of nitrogens with zero attached hydrogens (tertiary/aromatic N) is 2. The Bertz CT molecular complexity index is 883. The molecule has 0 aromatic heterocycles. The molecule has 1 heterocycles. The van der Waals surface area contributed by atoms with Crippen LogP contribution in [0.2, 0.25) is 5.02 Å². The summed E-state index contributed by atoms with van der Waals surface area (Å²) < 4.78 is 27.1. The van der Waals surface area contributed by atoms with Gasteiger partial charge in [-0.05, 0) is 36.6 Å². The fourth-order valence-corrected chi connectivity index (χ4v) is 2.96. The maximum atomic E-state index is 13.8. The molecule has 0 saturated carbocycles. The van der Waals surface area contributed by atoms with Gasteiger partial charge in [-0.3, -0.25) is 9.69 Å². The van der Waals surface area contributed by atoms with E-state index in [9.17, 15) is 13.6 Å². The monoisotopic (exact) mass is 364 g/mol. The molecule has 0 spiro atoms. The Kier molecular flexibility index (Phi) is 4.69. The summed E-state index contributed by atoms with van der Waals surface area (Å²) in [5.41, 5.74) is 0.769. The number of amides is 1. The van der Waals surface area contributed by atoms with E-state index < -0.39 is 17.5 Å². The van der Waals surface area contributed by atoms with Crippen molar-refractivity contribution < 1.29 is 13.6 Å². The van der Waals surface area contributed by atoms with Crippen LogP contribution in [-0.4, -0.2) is 17.3 Å². The van der Waals surface area contributed by atoms with Gasteiger partial charge < -0.3 is 0 Å². The van der Waals surface area contributed by atoms with Gasteiger partial charge in [0.15, 0.2) is 5.17 Å². The minimum absolute atomic E-state index is 0.0905. The fraction of sp³-hybridized carbons (Fsp3) is 0.0588. The van der Waals surface area contributed by atoms with Crippen molar-refractivity contribution in [2.45, 2.75) is 0 Å². The Labute approximate surface area is 146 Å². The molecule has 0 saturated heterocycles. The number of hydrogen-bond acceptors (Lipinski definition) is 3. The molecule has 2 aromatic rings. The zero-order valence-electron chi connectivity index (χ0n) is 12.5. The summed E-state index contributed by atoms with van der Waals surface area (Å²) in [7, 11) is 0. The summed E-state index contributed by atoms with van der Waals surface area (Å²) in [6, 6.07) is 10.1. The van der Waals surface area contributed by atoms with E-state index in [2.05, 4.69) is 4.99 Å². The first kappa shape index (κ1) is 16.7. The van der Waals surface area contributed by atoms with Crippen LogP contribution in [0.15, 0.2) is 53.2 Å². The number of halogens is 3. The van der Waals surface area contributed by atoms with Gasteiger partial charge in [0.1, 0.15) is 17.3 Å². The minimum atomic E-state index is -0.572. The fourth-order valence-electron chi connectivity index (χ4n) is 2.22. The van der Waals surface area contributed by atoms with Gasteiger partial charge in [-0.25, -0.2) is 13.8 Å².